The fourth-order valence-electron chi connectivity index (χ4n) is 0.663. The molecule has 0 aliphatic rings. The van der Waals surface area contributed by atoms with Crippen LogP contribution in [0.1, 0.15) is 11.1 Å². The van der Waals surface area contributed by atoms with Gasteiger partial charge in [-0.1, -0.05) is 31.1 Å². The molecule has 0 nitrogen and oxygen atoms in total. The summed E-state index contributed by atoms with van der Waals surface area (Å²) in [6.45, 7) is 5.74. The van der Waals surface area contributed by atoms with Crippen LogP contribution in [-0.4, -0.2) is 7.85 Å². The molecule has 0 atom stereocenters. The van der Waals surface area contributed by atoms with Crippen molar-refractivity contribution < 1.29 is 32.7 Å². The normalized spacial score (nSPS) is 7.18. The first-order valence-corrected chi connectivity index (χ1v) is 3.40. The van der Waals surface area contributed by atoms with Gasteiger partial charge >= 0.3 is 0 Å². The molecule has 0 heterocycles. The molecule has 11 heavy (non-hydrogen) atoms. The number of benzene rings is 1. The minimum absolute atomic E-state index is 0. The minimum atomic E-state index is 0. The third kappa shape index (κ3) is 5.64. The van der Waals surface area contributed by atoms with Crippen molar-refractivity contribution in [3.05, 3.63) is 35.4 Å². The molecule has 0 saturated heterocycles. The van der Waals surface area contributed by atoms with Crippen LogP contribution in [0.15, 0.2) is 24.3 Å². The van der Waals surface area contributed by atoms with Crippen molar-refractivity contribution in [3.8, 4) is 0 Å². The first kappa shape index (κ1) is 13.9. The maximum absolute atomic E-state index is 4.50. The van der Waals surface area contributed by atoms with E-state index in [0.717, 1.165) is 0 Å². The summed E-state index contributed by atoms with van der Waals surface area (Å²) >= 11 is 0. The van der Waals surface area contributed by atoms with Crippen molar-refractivity contribution in [1.82, 2.24) is 0 Å². The van der Waals surface area contributed by atoms with Gasteiger partial charge in [0.1, 0.15) is 0 Å². The van der Waals surface area contributed by atoms with E-state index in [1.807, 2.05) is 0 Å². The van der Waals surface area contributed by atoms with Crippen LogP contribution in [0.5, 0.6) is 0 Å². The van der Waals surface area contributed by atoms with Gasteiger partial charge < -0.3 is 0 Å². The molecule has 1 rings (SSSR count). The first-order chi connectivity index (χ1) is 4.80. The second kappa shape index (κ2) is 8.49. The Morgan fingerprint density at radius 1 is 0.909 bits per heavy atom. The van der Waals surface area contributed by atoms with Gasteiger partial charge in [-0.15, -0.1) is 0 Å². The van der Waals surface area contributed by atoms with E-state index in [4.69, 9.17) is 0 Å². The predicted octanol–water partition coefficient (Wildman–Crippen LogP) is 2.50. The Morgan fingerprint density at radius 2 is 1.18 bits per heavy atom. The van der Waals surface area contributed by atoms with Crippen molar-refractivity contribution in [2.45, 2.75) is 20.7 Å². The van der Waals surface area contributed by atoms with E-state index < -0.39 is 0 Å². The molecular weight excluding hydrogens is 208 g/mol. The largest absolute Gasteiger partial charge is 0.0999 e. The SMILES string of the molecule is Cc1ccccc1C.[B]C.[Y]. The molecular formula is C9H13BY. The Balaban J connectivity index is 0. The Kier molecular flexibility index (Phi) is 10.8. The van der Waals surface area contributed by atoms with Crippen molar-refractivity contribution in [2.75, 3.05) is 0 Å². The topological polar surface area (TPSA) is 0 Å². The van der Waals surface area contributed by atoms with E-state index in [1.165, 1.54) is 17.9 Å². The Labute approximate surface area is 96.1 Å². The maximum Gasteiger partial charge on any atom is 0.0606 e. The molecule has 0 bridgehead atoms. The van der Waals surface area contributed by atoms with Gasteiger partial charge in [0.2, 0.25) is 0 Å². The van der Waals surface area contributed by atoms with Gasteiger partial charge in [-0.2, -0.15) is 0 Å². The van der Waals surface area contributed by atoms with Gasteiger partial charge in [0, 0.05) is 32.7 Å². The number of aryl methyl sites for hydroxylation is 2. The van der Waals surface area contributed by atoms with Crippen molar-refractivity contribution in [2.24, 2.45) is 0 Å². The van der Waals surface area contributed by atoms with Gasteiger partial charge in [-0.25, -0.2) is 0 Å². The van der Waals surface area contributed by atoms with E-state index in [2.05, 4.69) is 46.0 Å². The van der Waals surface area contributed by atoms with Crippen molar-refractivity contribution >= 4 is 7.85 Å². The minimum Gasteiger partial charge on any atom is -0.0999 e. The summed E-state index contributed by atoms with van der Waals surface area (Å²) in [6, 6.07) is 8.36. The molecule has 1 aromatic rings. The standard InChI is InChI=1S/C8H10.CH3B.Y/c1-7-5-3-4-6-8(7)2;1-2;/h3-6H,1-2H3;1H3;. The van der Waals surface area contributed by atoms with Crippen molar-refractivity contribution in [3.63, 3.8) is 0 Å². The molecule has 0 aromatic heterocycles. The molecule has 0 amide bonds. The molecule has 0 spiro atoms. The van der Waals surface area contributed by atoms with Crippen LogP contribution in [0.2, 0.25) is 6.82 Å². The Hall–Kier alpha value is 0.389. The average Bonchev–Trinajstić information content (AvgIpc) is 2.00. The fraction of sp³-hybridized carbons (Fsp3) is 0.333. The summed E-state index contributed by atoms with van der Waals surface area (Å²) in [5.74, 6) is 0. The zero-order chi connectivity index (χ0) is 7.98. The monoisotopic (exact) mass is 221 g/mol. The zero-order valence-corrected chi connectivity index (χ0v) is 10.3. The molecule has 2 heteroatoms. The van der Waals surface area contributed by atoms with E-state index in [0.29, 0.717) is 0 Å². The average molecular weight is 221 g/mol. The van der Waals surface area contributed by atoms with Gasteiger partial charge in [-0.05, 0) is 25.0 Å². The number of rotatable bonds is 0. The predicted molar refractivity (Wildman–Crippen MR) is 47.5 cm³/mol. The van der Waals surface area contributed by atoms with E-state index in [1.54, 1.807) is 0 Å². The van der Waals surface area contributed by atoms with Crippen LogP contribution in [0.3, 0.4) is 0 Å². The van der Waals surface area contributed by atoms with E-state index in [9.17, 15) is 0 Å². The third-order valence-electron chi connectivity index (χ3n) is 1.43. The van der Waals surface area contributed by atoms with Crippen LogP contribution < -0.4 is 0 Å². The van der Waals surface area contributed by atoms with E-state index >= 15 is 0 Å². The number of hydrogen-bond donors (Lipinski definition) is 0. The molecule has 3 radical (unpaired) electrons. The molecule has 0 fully saturated rings. The molecule has 0 N–H and O–H groups in total. The Morgan fingerprint density at radius 3 is 1.36 bits per heavy atom. The molecule has 0 aliphatic carbocycles. The van der Waals surface area contributed by atoms with Crippen LogP contribution in [-0.2, 0) is 32.7 Å². The maximum atomic E-state index is 4.50. The Bertz CT molecular complexity index is 166. The first-order valence-electron chi connectivity index (χ1n) is 3.40. The van der Waals surface area contributed by atoms with Gasteiger partial charge in [-0.3, -0.25) is 0 Å². The third-order valence-corrected chi connectivity index (χ3v) is 1.43. The quantitative estimate of drug-likeness (QED) is 0.590. The fourth-order valence-corrected chi connectivity index (χ4v) is 0.663. The van der Waals surface area contributed by atoms with Crippen LogP contribution >= 0.6 is 0 Å². The molecule has 0 unspecified atom stereocenters. The van der Waals surface area contributed by atoms with Crippen LogP contribution in [0.4, 0.5) is 0 Å². The van der Waals surface area contributed by atoms with Crippen LogP contribution in [0.25, 0.3) is 0 Å². The second-order valence-corrected chi connectivity index (χ2v) is 2.08. The molecule has 55 valence electrons. The second-order valence-electron chi connectivity index (χ2n) is 2.08. The summed E-state index contributed by atoms with van der Waals surface area (Å²) in [4.78, 5) is 0. The number of hydrogen-bond acceptors (Lipinski definition) is 0. The summed E-state index contributed by atoms with van der Waals surface area (Å²) in [6.07, 6.45) is 0. The molecule has 1 aromatic carbocycles. The summed E-state index contributed by atoms with van der Waals surface area (Å²) in [5.41, 5.74) is 2.74. The smallest absolute Gasteiger partial charge is 0.0606 e. The van der Waals surface area contributed by atoms with Gasteiger partial charge in [0.25, 0.3) is 0 Å². The zero-order valence-electron chi connectivity index (χ0n) is 7.46. The van der Waals surface area contributed by atoms with E-state index in [-0.39, 0.29) is 32.7 Å². The summed E-state index contributed by atoms with van der Waals surface area (Å²) in [5, 5.41) is 0. The molecule has 0 aliphatic heterocycles. The summed E-state index contributed by atoms with van der Waals surface area (Å²) in [7, 11) is 4.50. The van der Waals surface area contributed by atoms with Crippen molar-refractivity contribution in [1.29, 1.82) is 0 Å². The van der Waals surface area contributed by atoms with Gasteiger partial charge in [0.05, 0.1) is 7.85 Å². The van der Waals surface area contributed by atoms with Crippen LogP contribution in [0, 0.1) is 13.8 Å². The molecule has 0 saturated carbocycles. The van der Waals surface area contributed by atoms with Gasteiger partial charge in [0.15, 0.2) is 0 Å². The summed E-state index contributed by atoms with van der Waals surface area (Å²) < 4.78 is 0.